The fourth-order valence-electron chi connectivity index (χ4n) is 3.99. The first-order chi connectivity index (χ1) is 14.6. The molecule has 0 atom stereocenters. The molecule has 30 heavy (non-hydrogen) atoms. The van der Waals surface area contributed by atoms with Gasteiger partial charge < -0.3 is 14.6 Å². The van der Waals surface area contributed by atoms with Gasteiger partial charge in [0, 0.05) is 43.8 Å². The van der Waals surface area contributed by atoms with E-state index in [4.69, 9.17) is 4.74 Å². The van der Waals surface area contributed by atoms with Crippen molar-refractivity contribution >= 4 is 5.91 Å². The number of morpholine rings is 1. The number of hydrogen-bond acceptors (Lipinski definition) is 4. The molecule has 1 saturated heterocycles. The number of ether oxygens (including phenoxy) is 1. The predicted octanol–water partition coefficient (Wildman–Crippen LogP) is 3.25. The van der Waals surface area contributed by atoms with E-state index in [2.05, 4.69) is 33.4 Å². The quantitative estimate of drug-likeness (QED) is 0.685. The van der Waals surface area contributed by atoms with Crippen molar-refractivity contribution in [3.05, 3.63) is 82.8 Å². The van der Waals surface area contributed by atoms with E-state index in [0.717, 1.165) is 55.6 Å². The molecule has 1 amide bonds. The van der Waals surface area contributed by atoms with Crippen molar-refractivity contribution in [1.82, 2.24) is 19.8 Å². The molecule has 1 aliphatic heterocycles. The van der Waals surface area contributed by atoms with Crippen molar-refractivity contribution in [3.8, 4) is 5.82 Å². The lowest BCUT2D eigenvalue weighted by Gasteiger charge is -2.27. The highest BCUT2D eigenvalue weighted by atomic mass is 16.5. The maximum absolute atomic E-state index is 13.0. The van der Waals surface area contributed by atoms with Gasteiger partial charge in [0.05, 0.1) is 18.8 Å². The lowest BCUT2D eigenvalue weighted by Crippen LogP contribution is -2.36. The Hall–Kier alpha value is -2.96. The summed E-state index contributed by atoms with van der Waals surface area (Å²) in [5.41, 5.74) is 4.97. The van der Waals surface area contributed by atoms with Crippen molar-refractivity contribution in [1.29, 1.82) is 0 Å². The molecule has 6 heteroatoms. The number of hydrogen-bond donors (Lipinski definition) is 1. The monoisotopic (exact) mass is 404 g/mol. The van der Waals surface area contributed by atoms with Gasteiger partial charge in [0.25, 0.3) is 5.91 Å². The van der Waals surface area contributed by atoms with Crippen LogP contribution < -0.4 is 5.32 Å². The van der Waals surface area contributed by atoms with Crippen LogP contribution in [-0.4, -0.2) is 46.7 Å². The Morgan fingerprint density at radius 1 is 1.07 bits per heavy atom. The Morgan fingerprint density at radius 3 is 2.53 bits per heavy atom. The van der Waals surface area contributed by atoms with Crippen LogP contribution in [0.4, 0.5) is 0 Å². The molecule has 0 spiro atoms. The second-order valence-electron chi connectivity index (χ2n) is 7.65. The van der Waals surface area contributed by atoms with Crippen LogP contribution in [0.2, 0.25) is 0 Å². The van der Waals surface area contributed by atoms with Gasteiger partial charge in [-0.2, -0.15) is 0 Å². The molecule has 0 saturated carbocycles. The maximum Gasteiger partial charge on any atom is 0.253 e. The molecule has 4 rings (SSSR count). The zero-order valence-electron chi connectivity index (χ0n) is 17.6. The second kappa shape index (κ2) is 9.24. The molecular weight excluding hydrogens is 376 g/mol. The second-order valence-corrected chi connectivity index (χ2v) is 7.65. The molecule has 3 aromatic rings. The lowest BCUT2D eigenvalue weighted by atomic mass is 10.1. The van der Waals surface area contributed by atoms with E-state index >= 15 is 0 Å². The number of aromatic nitrogens is 2. The molecule has 156 valence electrons. The molecular formula is C24H28N4O2. The molecule has 1 aromatic carbocycles. The zero-order chi connectivity index (χ0) is 20.9. The summed E-state index contributed by atoms with van der Waals surface area (Å²) < 4.78 is 7.46. The minimum Gasteiger partial charge on any atom is -0.379 e. The van der Waals surface area contributed by atoms with E-state index in [-0.39, 0.29) is 5.91 Å². The summed E-state index contributed by atoms with van der Waals surface area (Å²) in [5, 5.41) is 3.11. The molecule has 1 aliphatic rings. The number of pyridine rings is 1. The number of carbonyl (C=O) groups excluding carboxylic acids is 1. The van der Waals surface area contributed by atoms with Crippen LogP contribution in [0.5, 0.6) is 0 Å². The Morgan fingerprint density at radius 2 is 1.80 bits per heavy atom. The van der Waals surface area contributed by atoms with Crippen LogP contribution in [0, 0.1) is 13.8 Å². The van der Waals surface area contributed by atoms with Crippen molar-refractivity contribution in [2.45, 2.75) is 26.9 Å². The summed E-state index contributed by atoms with van der Waals surface area (Å²) in [7, 11) is 0. The Bertz CT molecular complexity index is 1010. The van der Waals surface area contributed by atoms with Crippen molar-refractivity contribution in [2.24, 2.45) is 0 Å². The minimum atomic E-state index is -0.0635. The van der Waals surface area contributed by atoms with E-state index in [9.17, 15) is 4.79 Å². The average Bonchev–Trinajstić information content (AvgIpc) is 3.08. The zero-order valence-corrected chi connectivity index (χ0v) is 17.6. The smallest absolute Gasteiger partial charge is 0.253 e. The van der Waals surface area contributed by atoms with Gasteiger partial charge >= 0.3 is 0 Å². The van der Waals surface area contributed by atoms with Crippen LogP contribution in [-0.2, 0) is 17.8 Å². The van der Waals surface area contributed by atoms with Crippen molar-refractivity contribution in [2.75, 3.05) is 26.3 Å². The van der Waals surface area contributed by atoms with Crippen LogP contribution in [0.3, 0.4) is 0 Å². The number of nitrogens with one attached hydrogen (secondary N) is 1. The van der Waals surface area contributed by atoms with Gasteiger partial charge in [-0.1, -0.05) is 30.3 Å². The highest BCUT2D eigenvalue weighted by molar-refractivity contribution is 5.95. The van der Waals surface area contributed by atoms with Crippen LogP contribution in [0.25, 0.3) is 5.82 Å². The third-order valence-corrected chi connectivity index (χ3v) is 5.61. The summed E-state index contributed by atoms with van der Waals surface area (Å²) in [4.78, 5) is 19.8. The maximum atomic E-state index is 13.0. The number of amides is 1. The lowest BCUT2D eigenvalue weighted by molar-refractivity contribution is 0.0340. The number of carbonyl (C=O) groups is 1. The van der Waals surface area contributed by atoms with Gasteiger partial charge in [0.15, 0.2) is 0 Å². The highest BCUT2D eigenvalue weighted by Gasteiger charge is 2.18. The molecule has 3 heterocycles. The van der Waals surface area contributed by atoms with Gasteiger partial charge in [0.1, 0.15) is 5.82 Å². The van der Waals surface area contributed by atoms with E-state index in [1.165, 1.54) is 5.56 Å². The number of aryl methyl sites for hydroxylation is 1. The number of nitrogens with zero attached hydrogens (tertiary/aromatic N) is 3. The van der Waals surface area contributed by atoms with E-state index in [1.54, 1.807) is 6.20 Å². The van der Waals surface area contributed by atoms with E-state index < -0.39 is 0 Å². The minimum absolute atomic E-state index is 0.0635. The van der Waals surface area contributed by atoms with E-state index in [1.807, 2.05) is 48.7 Å². The summed E-state index contributed by atoms with van der Waals surface area (Å²) >= 11 is 0. The predicted molar refractivity (Wildman–Crippen MR) is 117 cm³/mol. The summed E-state index contributed by atoms with van der Waals surface area (Å²) in [6.07, 6.45) is 1.76. The summed E-state index contributed by atoms with van der Waals surface area (Å²) in [6.45, 7) is 8.80. The normalized spacial score (nSPS) is 14.6. The first-order valence-corrected chi connectivity index (χ1v) is 10.4. The molecule has 2 aromatic heterocycles. The van der Waals surface area contributed by atoms with Gasteiger partial charge in [-0.25, -0.2) is 4.98 Å². The highest BCUT2D eigenvalue weighted by Crippen LogP contribution is 2.20. The summed E-state index contributed by atoms with van der Waals surface area (Å²) in [5.74, 6) is 0.758. The average molecular weight is 405 g/mol. The van der Waals surface area contributed by atoms with E-state index in [0.29, 0.717) is 12.1 Å². The van der Waals surface area contributed by atoms with Crippen molar-refractivity contribution < 1.29 is 9.53 Å². The summed E-state index contributed by atoms with van der Waals surface area (Å²) in [6, 6.07) is 16.0. The molecule has 1 fully saturated rings. The van der Waals surface area contributed by atoms with Gasteiger partial charge in [-0.3, -0.25) is 9.69 Å². The first kappa shape index (κ1) is 20.3. The third-order valence-electron chi connectivity index (χ3n) is 5.61. The SMILES string of the molecule is Cc1cc(C(=O)NCc2ccccc2CN2CCOCC2)c(C)n1-c1ccccn1. The Labute approximate surface area is 177 Å². The molecule has 0 aliphatic carbocycles. The van der Waals surface area contributed by atoms with Gasteiger partial charge in [-0.05, 0) is 43.2 Å². The van der Waals surface area contributed by atoms with Crippen molar-refractivity contribution in [3.63, 3.8) is 0 Å². The molecule has 0 radical (unpaired) electrons. The van der Waals surface area contributed by atoms with Crippen LogP contribution in [0.15, 0.2) is 54.7 Å². The van der Waals surface area contributed by atoms with Crippen LogP contribution in [0.1, 0.15) is 32.9 Å². The molecule has 0 bridgehead atoms. The first-order valence-electron chi connectivity index (χ1n) is 10.4. The Kier molecular flexibility index (Phi) is 6.26. The number of rotatable bonds is 6. The standard InChI is InChI=1S/C24H28N4O2/c1-18-15-22(19(2)28(18)23-9-5-6-10-25-23)24(29)26-16-20-7-3-4-8-21(20)17-27-11-13-30-14-12-27/h3-10,15H,11-14,16-17H2,1-2H3,(H,26,29). The van der Waals surface area contributed by atoms with Gasteiger partial charge in [-0.15, -0.1) is 0 Å². The topological polar surface area (TPSA) is 59.4 Å². The fourth-order valence-corrected chi connectivity index (χ4v) is 3.99. The largest absolute Gasteiger partial charge is 0.379 e. The number of benzene rings is 1. The molecule has 0 unspecified atom stereocenters. The van der Waals surface area contributed by atoms with Crippen LogP contribution >= 0.6 is 0 Å². The van der Waals surface area contributed by atoms with Gasteiger partial charge in [0.2, 0.25) is 0 Å². The third kappa shape index (κ3) is 4.45. The Balaban J connectivity index is 1.47. The molecule has 1 N–H and O–H groups in total. The molecule has 6 nitrogen and oxygen atoms in total. The fraction of sp³-hybridized carbons (Fsp3) is 0.333.